The molecule has 6 rings (SSSR count). The first-order valence-electron chi connectivity index (χ1n) is 13.8. The number of ether oxygens (including phenoxy) is 2. The van der Waals surface area contributed by atoms with E-state index in [2.05, 4.69) is 10.1 Å². The molecule has 0 aliphatic carbocycles. The summed E-state index contributed by atoms with van der Waals surface area (Å²) < 4.78 is 12.5. The number of hydrogen-bond donors (Lipinski definition) is 0. The SMILES string of the molecule is COc1ccc(C2CC(c3ccccc3)=NN2C(=O)COC(=O)c2ccc3c(=O)n4c(nc3c2)CCCCC4)cc1. The summed E-state index contributed by atoms with van der Waals surface area (Å²) in [6.45, 7) is 0.181. The molecule has 1 aromatic heterocycles. The average molecular weight is 551 g/mol. The third kappa shape index (κ3) is 5.35. The molecule has 0 N–H and O–H groups in total. The fourth-order valence-electron chi connectivity index (χ4n) is 5.45. The molecule has 0 spiro atoms. The van der Waals surface area contributed by atoms with E-state index in [4.69, 9.17) is 9.47 Å². The van der Waals surface area contributed by atoms with Gasteiger partial charge in [-0.25, -0.2) is 14.8 Å². The summed E-state index contributed by atoms with van der Waals surface area (Å²) in [6.07, 6.45) is 4.23. The minimum absolute atomic E-state index is 0.0901. The second kappa shape index (κ2) is 11.4. The fourth-order valence-corrected chi connectivity index (χ4v) is 5.45. The Balaban J connectivity index is 1.21. The van der Waals surface area contributed by atoms with Crippen LogP contribution in [-0.2, 0) is 22.5 Å². The number of aromatic nitrogens is 2. The molecule has 208 valence electrons. The van der Waals surface area contributed by atoms with Crippen molar-refractivity contribution in [2.45, 2.75) is 44.7 Å². The maximum Gasteiger partial charge on any atom is 0.338 e. The molecule has 1 atom stereocenters. The molecule has 0 saturated heterocycles. The maximum absolute atomic E-state index is 13.4. The molecule has 4 aromatic rings. The number of amides is 1. The van der Waals surface area contributed by atoms with E-state index in [1.165, 1.54) is 5.01 Å². The van der Waals surface area contributed by atoms with Crippen molar-refractivity contribution in [3.8, 4) is 5.75 Å². The molecule has 3 heterocycles. The van der Waals surface area contributed by atoms with Gasteiger partial charge in [-0.1, -0.05) is 48.9 Å². The molecule has 0 bridgehead atoms. The summed E-state index contributed by atoms with van der Waals surface area (Å²) in [5.74, 6) is 0.356. The van der Waals surface area contributed by atoms with Gasteiger partial charge in [0, 0.05) is 19.4 Å². The molecule has 2 aliphatic rings. The normalized spacial score (nSPS) is 16.6. The Kier molecular flexibility index (Phi) is 7.33. The Bertz CT molecular complexity index is 1700. The number of fused-ring (bicyclic) bond motifs is 2. The standard InChI is InChI=1S/C32H30N4O5/c1-40-24-14-11-22(12-15-24)28-19-26(21-8-4-2-5-9-21)34-36(28)30(37)20-41-32(39)23-13-16-25-27(18-23)33-29-10-6-3-7-17-35(29)31(25)38/h2,4-5,8-9,11-16,18,28H,3,6-7,10,17,19-20H2,1H3. The van der Waals surface area contributed by atoms with Crippen LogP contribution in [0.15, 0.2) is 82.7 Å². The Morgan fingerprint density at radius 2 is 1.78 bits per heavy atom. The van der Waals surface area contributed by atoms with Gasteiger partial charge in [0.05, 0.1) is 35.3 Å². The molecule has 3 aromatic carbocycles. The third-order valence-corrected chi connectivity index (χ3v) is 7.65. The minimum Gasteiger partial charge on any atom is -0.497 e. The van der Waals surface area contributed by atoms with Gasteiger partial charge in [-0.05, 0) is 54.3 Å². The lowest BCUT2D eigenvalue weighted by Gasteiger charge is -2.22. The van der Waals surface area contributed by atoms with Gasteiger partial charge in [0.1, 0.15) is 11.6 Å². The summed E-state index contributed by atoms with van der Waals surface area (Å²) in [5.41, 5.74) is 3.20. The quantitative estimate of drug-likeness (QED) is 0.324. The van der Waals surface area contributed by atoms with Crippen molar-refractivity contribution in [1.82, 2.24) is 14.6 Å². The summed E-state index contributed by atoms with van der Waals surface area (Å²) >= 11 is 0. The monoisotopic (exact) mass is 550 g/mol. The minimum atomic E-state index is -0.662. The van der Waals surface area contributed by atoms with Crippen LogP contribution in [-0.4, -0.2) is 45.9 Å². The Morgan fingerprint density at radius 1 is 0.976 bits per heavy atom. The molecule has 9 heteroatoms. The highest BCUT2D eigenvalue weighted by Gasteiger charge is 2.33. The van der Waals surface area contributed by atoms with E-state index in [9.17, 15) is 14.4 Å². The number of hydrazone groups is 1. The van der Waals surface area contributed by atoms with Gasteiger partial charge in [-0.15, -0.1) is 0 Å². The molecule has 1 unspecified atom stereocenters. The number of esters is 1. The van der Waals surface area contributed by atoms with E-state index in [0.29, 0.717) is 29.6 Å². The number of hydrogen-bond acceptors (Lipinski definition) is 7. The van der Waals surface area contributed by atoms with E-state index >= 15 is 0 Å². The van der Waals surface area contributed by atoms with Crippen LogP contribution >= 0.6 is 0 Å². The molecular weight excluding hydrogens is 520 g/mol. The van der Waals surface area contributed by atoms with Crippen molar-refractivity contribution < 1.29 is 19.1 Å². The first-order valence-corrected chi connectivity index (χ1v) is 13.8. The van der Waals surface area contributed by atoms with Crippen LogP contribution in [0.25, 0.3) is 10.9 Å². The van der Waals surface area contributed by atoms with Crippen LogP contribution in [0.1, 0.15) is 59.0 Å². The maximum atomic E-state index is 13.4. The Hall–Kier alpha value is -4.79. The van der Waals surface area contributed by atoms with Crippen molar-refractivity contribution in [1.29, 1.82) is 0 Å². The first-order chi connectivity index (χ1) is 20.0. The lowest BCUT2D eigenvalue weighted by Crippen LogP contribution is -2.31. The predicted octanol–water partition coefficient (Wildman–Crippen LogP) is 4.67. The van der Waals surface area contributed by atoms with Crippen molar-refractivity contribution in [2.75, 3.05) is 13.7 Å². The Labute approximate surface area is 237 Å². The van der Waals surface area contributed by atoms with Crippen molar-refractivity contribution in [3.63, 3.8) is 0 Å². The lowest BCUT2D eigenvalue weighted by molar-refractivity contribution is -0.136. The van der Waals surface area contributed by atoms with E-state index in [-0.39, 0.29) is 17.2 Å². The third-order valence-electron chi connectivity index (χ3n) is 7.65. The van der Waals surface area contributed by atoms with Gasteiger partial charge in [0.15, 0.2) is 6.61 Å². The van der Waals surface area contributed by atoms with Gasteiger partial charge in [-0.3, -0.25) is 14.2 Å². The topological polar surface area (TPSA) is 103 Å². The zero-order valence-electron chi connectivity index (χ0n) is 22.8. The van der Waals surface area contributed by atoms with Crippen LogP contribution in [0.4, 0.5) is 0 Å². The average Bonchev–Trinajstić information content (AvgIpc) is 3.33. The van der Waals surface area contributed by atoms with E-state index < -0.39 is 18.5 Å². The van der Waals surface area contributed by atoms with E-state index in [0.717, 1.165) is 48.3 Å². The number of benzene rings is 3. The van der Waals surface area contributed by atoms with Crippen molar-refractivity contribution >= 4 is 28.5 Å². The summed E-state index contributed by atoms with van der Waals surface area (Å²) in [7, 11) is 1.60. The van der Waals surface area contributed by atoms with Gasteiger partial charge >= 0.3 is 5.97 Å². The number of nitrogens with zero attached hydrogens (tertiary/aromatic N) is 4. The van der Waals surface area contributed by atoms with Crippen LogP contribution in [0.5, 0.6) is 5.75 Å². The molecule has 0 radical (unpaired) electrons. The zero-order chi connectivity index (χ0) is 28.3. The molecular formula is C32H30N4O5. The van der Waals surface area contributed by atoms with Crippen LogP contribution < -0.4 is 10.3 Å². The molecule has 41 heavy (non-hydrogen) atoms. The molecule has 0 fully saturated rings. The van der Waals surface area contributed by atoms with Gasteiger partial charge in [0.25, 0.3) is 11.5 Å². The van der Waals surface area contributed by atoms with Gasteiger partial charge in [0.2, 0.25) is 0 Å². The van der Waals surface area contributed by atoms with Crippen molar-refractivity contribution in [2.24, 2.45) is 5.10 Å². The largest absolute Gasteiger partial charge is 0.497 e. The van der Waals surface area contributed by atoms with Crippen molar-refractivity contribution in [3.05, 3.63) is 106 Å². The number of methoxy groups -OCH3 is 1. The highest BCUT2D eigenvalue weighted by atomic mass is 16.5. The highest BCUT2D eigenvalue weighted by Crippen LogP contribution is 2.33. The lowest BCUT2D eigenvalue weighted by atomic mass is 9.98. The molecule has 9 nitrogen and oxygen atoms in total. The first kappa shape index (κ1) is 26.4. The van der Waals surface area contributed by atoms with E-state index in [1.54, 1.807) is 29.9 Å². The number of carbonyl (C=O) groups is 2. The molecule has 1 amide bonds. The summed E-state index contributed by atoms with van der Waals surface area (Å²) in [4.78, 5) is 44.1. The van der Waals surface area contributed by atoms with Crippen LogP contribution in [0.2, 0.25) is 0 Å². The predicted molar refractivity (Wildman–Crippen MR) is 154 cm³/mol. The van der Waals surface area contributed by atoms with Gasteiger partial charge in [-0.2, -0.15) is 5.10 Å². The zero-order valence-corrected chi connectivity index (χ0v) is 22.8. The second-order valence-corrected chi connectivity index (χ2v) is 10.2. The van der Waals surface area contributed by atoms with Crippen LogP contribution in [0.3, 0.4) is 0 Å². The molecule has 2 aliphatic heterocycles. The summed E-state index contributed by atoms with van der Waals surface area (Å²) in [5, 5.41) is 6.50. The summed E-state index contributed by atoms with van der Waals surface area (Å²) in [6, 6.07) is 21.6. The second-order valence-electron chi connectivity index (χ2n) is 10.2. The Morgan fingerprint density at radius 3 is 2.56 bits per heavy atom. The molecule has 0 saturated carbocycles. The smallest absolute Gasteiger partial charge is 0.338 e. The van der Waals surface area contributed by atoms with Crippen LogP contribution in [0, 0.1) is 0 Å². The fraction of sp³-hybridized carbons (Fsp3) is 0.281. The van der Waals surface area contributed by atoms with Gasteiger partial charge < -0.3 is 9.47 Å². The highest BCUT2D eigenvalue weighted by molar-refractivity contribution is 6.03. The number of carbonyl (C=O) groups excluding carboxylic acids is 2. The number of aryl methyl sites for hydroxylation is 1. The van der Waals surface area contributed by atoms with E-state index in [1.807, 2.05) is 54.6 Å². The number of rotatable bonds is 6.